The van der Waals surface area contributed by atoms with Crippen LogP contribution in [0, 0.1) is 5.82 Å². The third kappa shape index (κ3) is 2.41. The number of hydrogen-bond acceptors (Lipinski definition) is 1. The van der Waals surface area contributed by atoms with Crippen LogP contribution in [-0.2, 0) is 0 Å². The summed E-state index contributed by atoms with van der Waals surface area (Å²) in [6.07, 6.45) is 3.44. The molecule has 3 rings (SSSR count). The second-order valence-corrected chi connectivity index (χ2v) is 5.30. The van der Waals surface area contributed by atoms with Crippen molar-refractivity contribution in [3.05, 3.63) is 71.0 Å². The van der Waals surface area contributed by atoms with Crippen LogP contribution in [0.5, 0.6) is 0 Å². The fraction of sp³-hybridized carbons (Fsp3) is 0.294. The lowest BCUT2D eigenvalue weighted by atomic mass is 9.79. The van der Waals surface area contributed by atoms with Crippen LogP contribution in [0.15, 0.2) is 48.5 Å². The van der Waals surface area contributed by atoms with Crippen LogP contribution in [0.1, 0.15) is 47.9 Å². The number of rotatable bonds is 3. The smallest absolute Gasteiger partial charge is 0.127 e. The summed E-state index contributed by atoms with van der Waals surface area (Å²) in [7, 11) is 0. The van der Waals surface area contributed by atoms with E-state index in [2.05, 4.69) is 0 Å². The molecule has 0 spiro atoms. The summed E-state index contributed by atoms with van der Waals surface area (Å²) in [5.41, 5.74) is 8.90. The van der Waals surface area contributed by atoms with Gasteiger partial charge in [-0.2, -0.15) is 0 Å². The van der Waals surface area contributed by atoms with Crippen LogP contribution in [0.2, 0.25) is 0 Å². The largest absolute Gasteiger partial charge is 0.320 e. The van der Waals surface area contributed by atoms with Gasteiger partial charge in [0.1, 0.15) is 5.82 Å². The van der Waals surface area contributed by atoms with Crippen molar-refractivity contribution in [2.75, 3.05) is 0 Å². The van der Waals surface area contributed by atoms with E-state index in [-0.39, 0.29) is 11.9 Å². The normalized spacial score (nSPS) is 16.9. The Balaban J connectivity index is 1.87. The van der Waals surface area contributed by atoms with E-state index in [1.807, 2.05) is 42.5 Å². The van der Waals surface area contributed by atoms with Gasteiger partial charge in [-0.25, -0.2) is 4.39 Å². The van der Waals surface area contributed by atoms with E-state index in [0.717, 1.165) is 29.5 Å². The second-order valence-electron chi connectivity index (χ2n) is 5.30. The average Bonchev–Trinajstić information content (AvgIpc) is 2.39. The molecule has 98 valence electrons. The van der Waals surface area contributed by atoms with E-state index >= 15 is 0 Å². The highest BCUT2D eigenvalue weighted by Gasteiger charge is 2.23. The van der Waals surface area contributed by atoms with Crippen molar-refractivity contribution >= 4 is 0 Å². The average molecular weight is 255 g/mol. The minimum absolute atomic E-state index is 0.103. The first-order valence-electron chi connectivity index (χ1n) is 6.85. The first-order chi connectivity index (χ1) is 9.25. The molecule has 0 saturated heterocycles. The van der Waals surface area contributed by atoms with Gasteiger partial charge in [-0.05, 0) is 41.5 Å². The third-order valence-corrected chi connectivity index (χ3v) is 4.09. The lowest BCUT2D eigenvalue weighted by Crippen LogP contribution is -2.14. The van der Waals surface area contributed by atoms with Gasteiger partial charge in [0, 0.05) is 0 Å². The molecule has 1 aliphatic rings. The molecule has 0 unspecified atom stereocenters. The Hall–Kier alpha value is -1.67. The van der Waals surface area contributed by atoms with Crippen LogP contribution in [0.4, 0.5) is 4.39 Å². The minimum Gasteiger partial charge on any atom is -0.320 e. The summed E-state index contributed by atoms with van der Waals surface area (Å²) in [6.45, 7) is 0. The molecular weight excluding hydrogens is 237 g/mol. The second kappa shape index (κ2) is 5.14. The zero-order valence-electron chi connectivity index (χ0n) is 10.9. The number of benzene rings is 2. The molecule has 1 saturated carbocycles. The van der Waals surface area contributed by atoms with Gasteiger partial charge in [-0.3, -0.25) is 0 Å². The summed E-state index contributed by atoms with van der Waals surface area (Å²) >= 11 is 0. The highest BCUT2D eigenvalue weighted by Crippen LogP contribution is 2.38. The molecule has 1 fully saturated rings. The van der Waals surface area contributed by atoms with Gasteiger partial charge in [0.15, 0.2) is 0 Å². The quantitative estimate of drug-likeness (QED) is 0.876. The molecule has 0 amide bonds. The molecule has 1 atom stereocenters. The monoisotopic (exact) mass is 255 g/mol. The summed E-state index contributed by atoms with van der Waals surface area (Å²) in [5, 5.41) is 0. The van der Waals surface area contributed by atoms with Crippen LogP contribution in [0.25, 0.3) is 0 Å². The predicted molar refractivity (Wildman–Crippen MR) is 75.5 cm³/mol. The van der Waals surface area contributed by atoms with Crippen molar-refractivity contribution in [2.45, 2.75) is 31.2 Å². The molecule has 0 aromatic heterocycles. The van der Waals surface area contributed by atoms with Gasteiger partial charge in [0.25, 0.3) is 0 Å². The van der Waals surface area contributed by atoms with Gasteiger partial charge in [-0.1, -0.05) is 48.9 Å². The van der Waals surface area contributed by atoms with E-state index in [4.69, 9.17) is 5.73 Å². The van der Waals surface area contributed by atoms with Crippen molar-refractivity contribution in [1.82, 2.24) is 0 Å². The zero-order valence-corrected chi connectivity index (χ0v) is 10.9. The highest BCUT2D eigenvalue weighted by molar-refractivity contribution is 5.35. The molecule has 0 radical (unpaired) electrons. The molecule has 2 aromatic rings. The van der Waals surface area contributed by atoms with E-state index in [1.165, 1.54) is 6.42 Å². The molecule has 0 heterocycles. The maximum Gasteiger partial charge on any atom is 0.127 e. The minimum atomic E-state index is -0.258. The molecule has 1 aliphatic carbocycles. The lowest BCUT2D eigenvalue weighted by molar-refractivity contribution is 0.404. The van der Waals surface area contributed by atoms with Crippen LogP contribution < -0.4 is 5.73 Å². The Morgan fingerprint density at radius 1 is 1.00 bits per heavy atom. The Bertz CT molecular complexity index is 561. The van der Waals surface area contributed by atoms with Crippen molar-refractivity contribution in [3.63, 3.8) is 0 Å². The molecular formula is C17H18FN. The Morgan fingerprint density at radius 2 is 1.74 bits per heavy atom. The lowest BCUT2D eigenvalue weighted by Gasteiger charge is -2.26. The maximum absolute atomic E-state index is 14.1. The van der Waals surface area contributed by atoms with Gasteiger partial charge >= 0.3 is 0 Å². The van der Waals surface area contributed by atoms with Crippen LogP contribution in [0.3, 0.4) is 0 Å². The van der Waals surface area contributed by atoms with Crippen LogP contribution >= 0.6 is 0 Å². The predicted octanol–water partition coefficient (Wildman–Crippen LogP) is 4.14. The van der Waals surface area contributed by atoms with Gasteiger partial charge in [0.2, 0.25) is 0 Å². The topological polar surface area (TPSA) is 26.0 Å². The number of halogens is 1. The van der Waals surface area contributed by atoms with E-state index < -0.39 is 0 Å². The molecule has 2 heteroatoms. The SMILES string of the molecule is N[C@@H](c1ccccc1)c1ccc(C2CCC2)c(F)c1. The highest BCUT2D eigenvalue weighted by atomic mass is 19.1. The van der Waals surface area contributed by atoms with Gasteiger partial charge in [0.05, 0.1) is 6.04 Å². The summed E-state index contributed by atoms with van der Waals surface area (Å²) in [5.74, 6) is 0.315. The molecule has 1 nitrogen and oxygen atoms in total. The van der Waals surface area contributed by atoms with Crippen molar-refractivity contribution < 1.29 is 4.39 Å². The summed E-state index contributed by atoms with van der Waals surface area (Å²) in [4.78, 5) is 0. The van der Waals surface area contributed by atoms with Crippen molar-refractivity contribution in [3.8, 4) is 0 Å². The molecule has 2 aromatic carbocycles. The Morgan fingerprint density at radius 3 is 2.32 bits per heavy atom. The van der Waals surface area contributed by atoms with E-state index in [0.29, 0.717) is 5.92 Å². The maximum atomic E-state index is 14.1. The standard InChI is InChI=1S/C17H18FN/c18-16-11-14(9-10-15(16)12-7-4-8-12)17(19)13-5-2-1-3-6-13/h1-3,5-6,9-12,17H,4,7-8,19H2/t17-/m0/s1. The Kier molecular flexibility index (Phi) is 3.34. The van der Waals surface area contributed by atoms with Gasteiger partial charge in [-0.15, -0.1) is 0 Å². The number of nitrogens with two attached hydrogens (primary N) is 1. The zero-order chi connectivity index (χ0) is 13.2. The summed E-state index contributed by atoms with van der Waals surface area (Å²) in [6, 6.07) is 15.0. The van der Waals surface area contributed by atoms with E-state index in [9.17, 15) is 4.39 Å². The fourth-order valence-corrected chi connectivity index (χ4v) is 2.64. The molecule has 2 N–H and O–H groups in total. The first kappa shape index (κ1) is 12.4. The molecule has 19 heavy (non-hydrogen) atoms. The molecule has 0 aliphatic heterocycles. The molecule has 0 bridgehead atoms. The number of hydrogen-bond donors (Lipinski definition) is 1. The Labute approximate surface area is 113 Å². The third-order valence-electron chi connectivity index (χ3n) is 4.09. The van der Waals surface area contributed by atoms with Crippen LogP contribution in [-0.4, -0.2) is 0 Å². The van der Waals surface area contributed by atoms with E-state index in [1.54, 1.807) is 6.07 Å². The first-order valence-corrected chi connectivity index (χ1v) is 6.85. The van der Waals surface area contributed by atoms with Crippen molar-refractivity contribution in [1.29, 1.82) is 0 Å². The summed E-state index contributed by atoms with van der Waals surface area (Å²) < 4.78 is 14.1. The van der Waals surface area contributed by atoms with Gasteiger partial charge < -0.3 is 5.73 Å². The fourth-order valence-electron chi connectivity index (χ4n) is 2.64. The van der Waals surface area contributed by atoms with Crippen molar-refractivity contribution in [2.24, 2.45) is 5.73 Å².